The minimum atomic E-state index is -0.842. The number of halogens is 3. The lowest BCUT2D eigenvalue weighted by molar-refractivity contribution is -0.139. The fourth-order valence-corrected chi connectivity index (χ4v) is 5.61. The van der Waals surface area contributed by atoms with Crippen LogP contribution in [-0.2, 0) is 9.59 Å². The quantitative estimate of drug-likeness (QED) is 0.449. The zero-order valence-corrected chi connectivity index (χ0v) is 20.8. The van der Waals surface area contributed by atoms with E-state index < -0.39 is 35.0 Å². The predicted molar refractivity (Wildman–Crippen MR) is 132 cm³/mol. The molecule has 2 amide bonds. The Morgan fingerprint density at radius 1 is 1.14 bits per heavy atom. The van der Waals surface area contributed by atoms with Gasteiger partial charge in [-0.05, 0) is 62.4 Å². The standard InChI is InChI=1S/C25H26Cl2FN3O5/c26-14-1-4-19-18(9-14)29-12-20(36-19)23(34)31-24-5-7-25(8-6-24,21(32)11-24)30-22(33)13-35-15-2-3-16(27)17(28)10-15/h1-4,9-10,20-21,29,32H,5-8,11-13H2,(H,30,33)(H,31,34)/t20?,21-,24?,25?/m1/s1. The maximum atomic E-state index is 13.6. The summed E-state index contributed by atoms with van der Waals surface area (Å²) in [4.78, 5) is 25.6. The van der Waals surface area contributed by atoms with Gasteiger partial charge in [-0.3, -0.25) is 9.59 Å². The molecule has 3 fully saturated rings. The molecule has 6 rings (SSSR count). The number of aliphatic hydroxyl groups excluding tert-OH is 1. The first kappa shape index (κ1) is 24.9. The fourth-order valence-electron chi connectivity index (χ4n) is 5.32. The van der Waals surface area contributed by atoms with Crippen molar-refractivity contribution in [3.63, 3.8) is 0 Å². The third-order valence-corrected chi connectivity index (χ3v) is 7.88. The summed E-state index contributed by atoms with van der Waals surface area (Å²) in [7, 11) is 0. The Morgan fingerprint density at radius 3 is 2.64 bits per heavy atom. The third-order valence-electron chi connectivity index (χ3n) is 7.34. The highest BCUT2D eigenvalue weighted by Crippen LogP contribution is 2.47. The van der Waals surface area contributed by atoms with Gasteiger partial charge in [0.1, 0.15) is 17.3 Å². The molecule has 11 heteroatoms. The molecular weight excluding hydrogens is 512 g/mol. The van der Waals surface area contributed by atoms with Crippen molar-refractivity contribution in [3.8, 4) is 11.5 Å². The number of benzene rings is 2. The van der Waals surface area contributed by atoms with E-state index in [1.165, 1.54) is 12.1 Å². The summed E-state index contributed by atoms with van der Waals surface area (Å²) in [6.07, 6.45) is 0.965. The largest absolute Gasteiger partial charge is 0.484 e. The zero-order valence-electron chi connectivity index (χ0n) is 19.3. The van der Waals surface area contributed by atoms with Gasteiger partial charge in [0.15, 0.2) is 12.7 Å². The predicted octanol–water partition coefficient (Wildman–Crippen LogP) is 3.43. The summed E-state index contributed by atoms with van der Waals surface area (Å²) in [5.41, 5.74) is -0.621. The van der Waals surface area contributed by atoms with Crippen molar-refractivity contribution in [2.24, 2.45) is 0 Å². The van der Waals surface area contributed by atoms with Crippen LogP contribution in [0.4, 0.5) is 10.1 Å². The molecule has 0 spiro atoms. The van der Waals surface area contributed by atoms with Crippen molar-refractivity contribution in [3.05, 3.63) is 52.3 Å². The number of nitrogens with one attached hydrogen (secondary N) is 3. The number of aliphatic hydroxyl groups is 1. The van der Waals surface area contributed by atoms with Crippen molar-refractivity contribution in [2.45, 2.75) is 55.4 Å². The van der Waals surface area contributed by atoms with Crippen LogP contribution in [0.25, 0.3) is 0 Å². The van der Waals surface area contributed by atoms with Crippen molar-refractivity contribution in [1.82, 2.24) is 10.6 Å². The number of hydrogen-bond donors (Lipinski definition) is 4. The van der Waals surface area contributed by atoms with Crippen LogP contribution in [0.3, 0.4) is 0 Å². The van der Waals surface area contributed by atoms with E-state index in [1.807, 2.05) is 0 Å². The first-order chi connectivity index (χ1) is 17.2. The molecule has 192 valence electrons. The van der Waals surface area contributed by atoms with Crippen molar-refractivity contribution in [1.29, 1.82) is 0 Å². The number of carbonyl (C=O) groups is 2. The highest BCUT2D eigenvalue weighted by atomic mass is 35.5. The van der Waals surface area contributed by atoms with Crippen molar-refractivity contribution >= 4 is 40.7 Å². The van der Waals surface area contributed by atoms with Crippen LogP contribution in [0, 0.1) is 5.82 Å². The molecule has 0 saturated heterocycles. The first-order valence-electron chi connectivity index (χ1n) is 11.8. The molecule has 0 aromatic heterocycles. The van der Waals surface area contributed by atoms with Crippen LogP contribution in [0.5, 0.6) is 11.5 Å². The maximum Gasteiger partial charge on any atom is 0.263 e. The molecule has 3 saturated carbocycles. The van der Waals surface area contributed by atoms with Gasteiger partial charge in [0.25, 0.3) is 11.8 Å². The molecule has 0 radical (unpaired) electrons. The van der Waals surface area contributed by atoms with Gasteiger partial charge < -0.3 is 30.5 Å². The van der Waals surface area contributed by atoms with Crippen LogP contribution in [0.15, 0.2) is 36.4 Å². The summed E-state index contributed by atoms with van der Waals surface area (Å²) in [5, 5.41) is 20.7. The first-order valence-corrected chi connectivity index (χ1v) is 12.5. The van der Waals surface area contributed by atoms with Gasteiger partial charge in [0.2, 0.25) is 0 Å². The molecule has 4 aliphatic rings. The normalized spacial score (nSPS) is 28.3. The summed E-state index contributed by atoms with van der Waals surface area (Å²) < 4.78 is 24.8. The molecule has 36 heavy (non-hydrogen) atoms. The number of rotatable bonds is 6. The smallest absolute Gasteiger partial charge is 0.263 e. The lowest BCUT2D eigenvalue weighted by Crippen LogP contribution is -2.71. The van der Waals surface area contributed by atoms with Gasteiger partial charge in [-0.15, -0.1) is 0 Å². The van der Waals surface area contributed by atoms with E-state index in [-0.39, 0.29) is 23.3 Å². The second kappa shape index (κ2) is 9.61. The number of fused-ring (bicyclic) bond motifs is 4. The van der Waals surface area contributed by atoms with E-state index in [1.54, 1.807) is 18.2 Å². The van der Waals surface area contributed by atoms with Gasteiger partial charge in [0.05, 0.1) is 28.9 Å². The lowest BCUT2D eigenvalue weighted by atomic mass is 9.60. The number of hydrogen-bond acceptors (Lipinski definition) is 6. The number of amides is 2. The Bertz CT molecular complexity index is 1190. The summed E-state index contributed by atoms with van der Waals surface area (Å²) >= 11 is 11.7. The van der Waals surface area contributed by atoms with E-state index in [2.05, 4.69) is 16.0 Å². The van der Waals surface area contributed by atoms with Gasteiger partial charge in [-0.1, -0.05) is 23.2 Å². The highest BCUT2D eigenvalue weighted by molar-refractivity contribution is 6.31. The van der Waals surface area contributed by atoms with Crippen LogP contribution in [0.1, 0.15) is 32.1 Å². The number of anilines is 1. The Labute approximate surface area is 217 Å². The van der Waals surface area contributed by atoms with E-state index in [4.69, 9.17) is 32.7 Å². The fraction of sp³-hybridized carbons (Fsp3) is 0.440. The van der Waals surface area contributed by atoms with Gasteiger partial charge in [-0.2, -0.15) is 0 Å². The molecule has 8 nitrogen and oxygen atoms in total. The molecule has 2 aromatic rings. The molecule has 4 N–H and O–H groups in total. The monoisotopic (exact) mass is 537 g/mol. The summed E-state index contributed by atoms with van der Waals surface area (Å²) in [6.45, 7) is -0.0224. The van der Waals surface area contributed by atoms with Gasteiger partial charge in [0, 0.05) is 16.6 Å². The number of ether oxygens (including phenoxy) is 2. The molecule has 2 aromatic carbocycles. The molecule has 2 bridgehead atoms. The van der Waals surface area contributed by atoms with Crippen molar-refractivity contribution < 1.29 is 28.6 Å². The number of carbonyl (C=O) groups excluding carboxylic acids is 2. The van der Waals surface area contributed by atoms with E-state index in [9.17, 15) is 19.1 Å². The average Bonchev–Trinajstić information content (AvgIpc) is 2.85. The summed E-state index contributed by atoms with van der Waals surface area (Å²) in [6, 6.07) is 9.11. The van der Waals surface area contributed by atoms with Crippen LogP contribution in [0.2, 0.25) is 10.0 Å². The Kier molecular flexibility index (Phi) is 6.65. The maximum absolute atomic E-state index is 13.6. The summed E-state index contributed by atoms with van der Waals surface area (Å²) in [5.74, 6) is -0.560. The molecule has 1 heterocycles. The lowest BCUT2D eigenvalue weighted by Gasteiger charge is -2.56. The second-order valence-corrected chi connectivity index (χ2v) is 10.5. The molecule has 1 aliphatic heterocycles. The van der Waals surface area contributed by atoms with E-state index in [0.717, 1.165) is 11.8 Å². The molecular formula is C25H26Cl2FN3O5. The minimum Gasteiger partial charge on any atom is -0.484 e. The average molecular weight is 538 g/mol. The zero-order chi connectivity index (χ0) is 25.5. The van der Waals surface area contributed by atoms with E-state index in [0.29, 0.717) is 49.4 Å². The van der Waals surface area contributed by atoms with E-state index >= 15 is 0 Å². The van der Waals surface area contributed by atoms with Crippen molar-refractivity contribution in [2.75, 3.05) is 18.5 Å². The van der Waals surface area contributed by atoms with Crippen LogP contribution >= 0.6 is 23.2 Å². The van der Waals surface area contributed by atoms with Gasteiger partial charge >= 0.3 is 0 Å². The Balaban J connectivity index is 1.16. The van der Waals surface area contributed by atoms with Gasteiger partial charge in [-0.25, -0.2) is 4.39 Å². The Morgan fingerprint density at radius 2 is 1.92 bits per heavy atom. The molecule has 3 aliphatic carbocycles. The Hall–Kier alpha value is -2.75. The van der Waals surface area contributed by atoms with Crippen LogP contribution < -0.4 is 25.4 Å². The minimum absolute atomic E-state index is 0.0326. The van der Waals surface area contributed by atoms with Crippen LogP contribution in [-0.4, -0.2) is 53.4 Å². The SMILES string of the molecule is O=C(COc1ccc(Cl)c(F)c1)NC12CCC(NC(=O)C3CNc4cc(Cl)ccc4O3)(CC1)C[C@H]2O. The highest BCUT2D eigenvalue weighted by Gasteiger charge is 2.55. The molecule has 2 atom stereocenters. The molecule has 1 unspecified atom stereocenters. The second-order valence-electron chi connectivity index (χ2n) is 9.69. The topological polar surface area (TPSA) is 109 Å². The third kappa shape index (κ3) is 4.92.